The van der Waals surface area contributed by atoms with Gasteiger partial charge in [-0.15, -0.1) is 0 Å². The van der Waals surface area contributed by atoms with Crippen molar-refractivity contribution in [3.05, 3.63) is 39.7 Å². The predicted molar refractivity (Wildman–Crippen MR) is 92.8 cm³/mol. The second kappa shape index (κ2) is 6.70. The molecule has 1 aliphatic rings. The van der Waals surface area contributed by atoms with Crippen molar-refractivity contribution in [3.8, 4) is 5.75 Å². The van der Waals surface area contributed by atoms with Crippen molar-refractivity contribution in [1.29, 1.82) is 0 Å². The molecule has 5 nitrogen and oxygen atoms in total. The normalized spacial score (nSPS) is 17.6. The van der Waals surface area contributed by atoms with Gasteiger partial charge in [-0.1, -0.05) is 6.92 Å². The van der Waals surface area contributed by atoms with Crippen LogP contribution in [0, 0.1) is 6.92 Å². The second-order valence-corrected chi connectivity index (χ2v) is 6.81. The van der Waals surface area contributed by atoms with Gasteiger partial charge in [-0.25, -0.2) is 13.6 Å². The smallest absolute Gasteiger partial charge is 0.336 e. The van der Waals surface area contributed by atoms with Gasteiger partial charge in [0.2, 0.25) is 0 Å². The molecule has 1 amide bonds. The van der Waals surface area contributed by atoms with Crippen LogP contribution >= 0.6 is 0 Å². The molecule has 0 bridgehead atoms. The lowest BCUT2D eigenvalue weighted by atomic mass is 9.88. The summed E-state index contributed by atoms with van der Waals surface area (Å²) in [7, 11) is 0. The van der Waals surface area contributed by atoms with Crippen LogP contribution in [0.5, 0.6) is 5.75 Å². The molecule has 1 saturated carbocycles. The largest absolute Gasteiger partial charge is 0.480 e. The molecule has 0 saturated heterocycles. The summed E-state index contributed by atoms with van der Waals surface area (Å²) in [5.41, 5.74) is 1.53. The number of carbonyl (C=O) groups excluding carboxylic acids is 1. The van der Waals surface area contributed by atoms with Gasteiger partial charge in [0.1, 0.15) is 11.3 Å². The topological polar surface area (TPSA) is 68.5 Å². The first-order chi connectivity index (χ1) is 12.2. The summed E-state index contributed by atoms with van der Waals surface area (Å²) < 4.78 is 36.9. The first kappa shape index (κ1) is 18.4. The molecule has 7 heteroatoms. The number of nitrogens with one attached hydrogen (secondary N) is 1. The molecule has 26 heavy (non-hydrogen) atoms. The number of carbonyl (C=O) groups is 1. The van der Waals surface area contributed by atoms with Crippen molar-refractivity contribution in [1.82, 2.24) is 5.32 Å². The maximum absolute atomic E-state index is 12.9. The Morgan fingerprint density at radius 3 is 2.69 bits per heavy atom. The fraction of sp³-hybridized carbons (Fsp3) is 0.474. The van der Waals surface area contributed by atoms with Gasteiger partial charge in [-0.3, -0.25) is 4.79 Å². The highest BCUT2D eigenvalue weighted by Gasteiger charge is 2.46. The third-order valence-corrected chi connectivity index (χ3v) is 4.52. The number of fused-ring (bicyclic) bond motifs is 1. The average Bonchev–Trinajstić information content (AvgIpc) is 2.51. The molecule has 0 aliphatic heterocycles. The Morgan fingerprint density at radius 2 is 2.08 bits per heavy atom. The molecule has 1 heterocycles. The van der Waals surface area contributed by atoms with Crippen molar-refractivity contribution < 1.29 is 22.7 Å². The Balaban J connectivity index is 1.83. The van der Waals surface area contributed by atoms with Crippen LogP contribution in [0.2, 0.25) is 0 Å². The van der Waals surface area contributed by atoms with Crippen LogP contribution in [-0.2, 0) is 11.2 Å². The summed E-state index contributed by atoms with van der Waals surface area (Å²) in [6, 6.07) is 4.39. The van der Waals surface area contributed by atoms with Crippen molar-refractivity contribution in [2.45, 2.75) is 58.1 Å². The van der Waals surface area contributed by atoms with E-state index in [0.717, 1.165) is 11.1 Å². The molecule has 1 aromatic carbocycles. The standard InChI is InChI=1S/C19H21F2NO4/c1-4-12-7-16(23)26-15-6-10(2)5-14(17(12)15)25-11(3)18(24)22-13-8-19(20,21)9-13/h5-7,11,13H,4,8-9H2,1-3H3,(H,22,24). The molecule has 3 rings (SSSR count). The number of amides is 1. The highest BCUT2D eigenvalue weighted by molar-refractivity contribution is 5.88. The lowest BCUT2D eigenvalue weighted by Gasteiger charge is -2.35. The Kier molecular flexibility index (Phi) is 4.73. The maximum Gasteiger partial charge on any atom is 0.336 e. The minimum absolute atomic E-state index is 0.343. The van der Waals surface area contributed by atoms with Gasteiger partial charge in [0.15, 0.2) is 6.10 Å². The molecule has 1 N–H and O–H groups in total. The van der Waals surface area contributed by atoms with Gasteiger partial charge in [0, 0.05) is 24.9 Å². The van der Waals surface area contributed by atoms with Gasteiger partial charge in [-0.2, -0.15) is 0 Å². The Bertz CT molecular complexity index is 898. The van der Waals surface area contributed by atoms with E-state index in [2.05, 4.69) is 5.32 Å². The van der Waals surface area contributed by atoms with E-state index in [1.807, 2.05) is 13.8 Å². The molecule has 1 aromatic heterocycles. The van der Waals surface area contributed by atoms with Crippen LogP contribution in [0.25, 0.3) is 11.0 Å². The van der Waals surface area contributed by atoms with E-state index in [-0.39, 0.29) is 12.8 Å². The Labute approximate surface area is 149 Å². The number of ether oxygens (including phenoxy) is 1. The third kappa shape index (κ3) is 3.71. The quantitative estimate of drug-likeness (QED) is 0.825. The number of aryl methyl sites for hydroxylation is 2. The van der Waals surface area contributed by atoms with Crippen LogP contribution in [0.1, 0.15) is 37.8 Å². The Morgan fingerprint density at radius 1 is 1.38 bits per heavy atom. The predicted octanol–water partition coefficient (Wildman–Crippen LogP) is 3.35. The van der Waals surface area contributed by atoms with E-state index < -0.39 is 29.6 Å². The number of hydrogen-bond acceptors (Lipinski definition) is 4. The zero-order valence-corrected chi connectivity index (χ0v) is 14.9. The third-order valence-electron chi connectivity index (χ3n) is 4.52. The van der Waals surface area contributed by atoms with E-state index >= 15 is 0 Å². The molecule has 1 aliphatic carbocycles. The first-order valence-corrected chi connectivity index (χ1v) is 8.61. The van der Waals surface area contributed by atoms with E-state index in [1.165, 1.54) is 6.07 Å². The number of alkyl halides is 2. The van der Waals surface area contributed by atoms with Crippen LogP contribution in [-0.4, -0.2) is 24.0 Å². The molecular formula is C19H21F2NO4. The fourth-order valence-electron chi connectivity index (χ4n) is 3.17. The molecule has 1 atom stereocenters. The van der Waals surface area contributed by atoms with Crippen molar-refractivity contribution >= 4 is 16.9 Å². The lowest BCUT2D eigenvalue weighted by Crippen LogP contribution is -2.53. The van der Waals surface area contributed by atoms with Crippen LogP contribution in [0.4, 0.5) is 8.78 Å². The number of halogens is 2. The SMILES string of the molecule is CCc1cc(=O)oc2cc(C)cc(OC(C)C(=O)NC3CC(F)(F)C3)c12. The molecule has 1 unspecified atom stereocenters. The second-order valence-electron chi connectivity index (χ2n) is 6.81. The van der Waals surface area contributed by atoms with E-state index in [9.17, 15) is 18.4 Å². The Hall–Kier alpha value is -2.44. The highest BCUT2D eigenvalue weighted by atomic mass is 19.3. The molecule has 2 aromatic rings. The van der Waals surface area contributed by atoms with Crippen molar-refractivity contribution in [2.24, 2.45) is 0 Å². The summed E-state index contributed by atoms with van der Waals surface area (Å²) >= 11 is 0. The summed E-state index contributed by atoms with van der Waals surface area (Å²) in [5, 5.41) is 3.22. The van der Waals surface area contributed by atoms with Gasteiger partial charge < -0.3 is 14.5 Å². The highest BCUT2D eigenvalue weighted by Crippen LogP contribution is 2.37. The van der Waals surface area contributed by atoms with E-state index in [0.29, 0.717) is 23.1 Å². The first-order valence-electron chi connectivity index (χ1n) is 8.61. The maximum atomic E-state index is 12.9. The van der Waals surface area contributed by atoms with Crippen LogP contribution < -0.4 is 15.7 Å². The zero-order chi connectivity index (χ0) is 19.1. The van der Waals surface area contributed by atoms with Crippen LogP contribution in [0.3, 0.4) is 0 Å². The molecular weight excluding hydrogens is 344 g/mol. The minimum atomic E-state index is -2.69. The monoisotopic (exact) mass is 365 g/mol. The van der Waals surface area contributed by atoms with E-state index in [1.54, 1.807) is 19.1 Å². The van der Waals surface area contributed by atoms with E-state index in [4.69, 9.17) is 9.15 Å². The fourth-order valence-corrected chi connectivity index (χ4v) is 3.17. The van der Waals surface area contributed by atoms with Crippen molar-refractivity contribution in [3.63, 3.8) is 0 Å². The summed E-state index contributed by atoms with van der Waals surface area (Å²) in [6.45, 7) is 5.29. The average molecular weight is 365 g/mol. The summed E-state index contributed by atoms with van der Waals surface area (Å²) in [6.07, 6.45) is -0.960. The lowest BCUT2D eigenvalue weighted by molar-refractivity contribution is -0.134. The number of benzene rings is 1. The molecule has 0 spiro atoms. The molecule has 1 fully saturated rings. The molecule has 140 valence electrons. The van der Waals surface area contributed by atoms with Gasteiger partial charge >= 0.3 is 5.63 Å². The zero-order valence-electron chi connectivity index (χ0n) is 14.9. The van der Waals surface area contributed by atoms with Gasteiger partial charge in [0.25, 0.3) is 11.8 Å². The minimum Gasteiger partial charge on any atom is -0.480 e. The van der Waals surface area contributed by atoms with Gasteiger partial charge in [-0.05, 0) is 43.5 Å². The summed E-state index contributed by atoms with van der Waals surface area (Å²) in [4.78, 5) is 23.9. The number of hydrogen-bond donors (Lipinski definition) is 1. The summed E-state index contributed by atoms with van der Waals surface area (Å²) in [5.74, 6) is -2.71. The molecule has 0 radical (unpaired) electrons. The van der Waals surface area contributed by atoms with Crippen molar-refractivity contribution in [2.75, 3.05) is 0 Å². The van der Waals surface area contributed by atoms with Crippen LogP contribution in [0.15, 0.2) is 27.4 Å². The van der Waals surface area contributed by atoms with Gasteiger partial charge in [0.05, 0.1) is 5.39 Å². The number of rotatable bonds is 5.